The number of ether oxygens (including phenoxy) is 1. The van der Waals surface area contributed by atoms with Gasteiger partial charge in [-0.2, -0.15) is 13.2 Å². The van der Waals surface area contributed by atoms with E-state index < -0.39 is 17.6 Å². The number of anilines is 1. The van der Waals surface area contributed by atoms with E-state index in [0.29, 0.717) is 12.4 Å². The minimum Gasteiger partial charge on any atom is -0.492 e. The molecule has 0 radical (unpaired) electrons. The lowest BCUT2D eigenvalue weighted by atomic mass is 10.1. The van der Waals surface area contributed by atoms with Crippen LogP contribution in [0, 0.1) is 0 Å². The van der Waals surface area contributed by atoms with Gasteiger partial charge in [-0.3, -0.25) is 4.79 Å². The summed E-state index contributed by atoms with van der Waals surface area (Å²) in [5, 5.41) is 2.47. The number of amides is 1. The van der Waals surface area contributed by atoms with Crippen LogP contribution in [0.3, 0.4) is 0 Å². The molecule has 0 saturated heterocycles. The molecule has 0 aliphatic rings. The number of alkyl halides is 3. The van der Waals surface area contributed by atoms with Crippen molar-refractivity contribution in [1.82, 2.24) is 0 Å². The van der Waals surface area contributed by atoms with Crippen LogP contribution < -0.4 is 10.1 Å². The van der Waals surface area contributed by atoms with Gasteiger partial charge >= 0.3 is 6.18 Å². The lowest BCUT2D eigenvalue weighted by Gasteiger charge is -2.14. The second-order valence-corrected chi connectivity index (χ2v) is 4.98. The fourth-order valence-corrected chi connectivity index (χ4v) is 2.18. The van der Waals surface area contributed by atoms with Crippen LogP contribution in [0.2, 0.25) is 5.02 Å². The van der Waals surface area contributed by atoms with Gasteiger partial charge in [-0.1, -0.05) is 23.7 Å². The highest BCUT2D eigenvalue weighted by Crippen LogP contribution is 2.35. The van der Waals surface area contributed by atoms with E-state index in [2.05, 4.69) is 5.32 Å². The summed E-state index contributed by atoms with van der Waals surface area (Å²) in [7, 11) is 0. The number of hydrogen-bond donors (Lipinski definition) is 1. The summed E-state index contributed by atoms with van der Waals surface area (Å²) in [6.45, 7) is 2.19. The highest BCUT2D eigenvalue weighted by molar-refractivity contribution is 6.32. The van der Waals surface area contributed by atoms with Crippen LogP contribution in [0.1, 0.15) is 22.8 Å². The molecule has 0 spiro atoms. The van der Waals surface area contributed by atoms with Crippen molar-refractivity contribution in [3.05, 3.63) is 58.6 Å². The minimum absolute atomic E-state index is 0.135. The van der Waals surface area contributed by atoms with E-state index in [1.807, 2.05) is 0 Å². The number of carbonyl (C=O) groups excluding carboxylic acids is 1. The average molecular weight is 344 g/mol. The molecule has 122 valence electrons. The molecule has 0 bridgehead atoms. The van der Waals surface area contributed by atoms with Gasteiger partial charge in [0.25, 0.3) is 5.91 Å². The highest BCUT2D eigenvalue weighted by Gasteiger charge is 2.33. The molecule has 0 aromatic heterocycles. The normalized spacial score (nSPS) is 11.2. The number of para-hydroxylation sites is 1. The smallest absolute Gasteiger partial charge is 0.418 e. The number of nitrogens with one attached hydrogen (secondary N) is 1. The van der Waals surface area contributed by atoms with Crippen molar-refractivity contribution in [3.63, 3.8) is 0 Å². The van der Waals surface area contributed by atoms with Crippen LogP contribution in [0.15, 0.2) is 42.5 Å². The summed E-state index contributed by atoms with van der Waals surface area (Å²) < 4.78 is 44.0. The molecule has 0 saturated carbocycles. The van der Waals surface area contributed by atoms with Gasteiger partial charge < -0.3 is 10.1 Å². The van der Waals surface area contributed by atoms with Crippen molar-refractivity contribution in [2.24, 2.45) is 0 Å². The Morgan fingerprint density at radius 1 is 1.22 bits per heavy atom. The topological polar surface area (TPSA) is 38.3 Å². The van der Waals surface area contributed by atoms with Gasteiger partial charge in [-0.05, 0) is 37.3 Å². The van der Waals surface area contributed by atoms with Crippen LogP contribution >= 0.6 is 11.6 Å². The highest BCUT2D eigenvalue weighted by atomic mass is 35.5. The Bertz CT molecular complexity index is 717. The first kappa shape index (κ1) is 17.1. The molecule has 23 heavy (non-hydrogen) atoms. The van der Waals surface area contributed by atoms with Gasteiger partial charge in [0.15, 0.2) is 0 Å². The monoisotopic (exact) mass is 343 g/mol. The lowest BCUT2D eigenvalue weighted by molar-refractivity contribution is -0.136. The maximum Gasteiger partial charge on any atom is 0.418 e. The first-order valence-corrected chi connectivity index (χ1v) is 7.10. The minimum atomic E-state index is -4.56. The Balaban J connectivity index is 2.25. The summed E-state index contributed by atoms with van der Waals surface area (Å²) in [5.74, 6) is -0.284. The predicted octanol–water partition coefficient (Wildman–Crippen LogP) is 5.01. The van der Waals surface area contributed by atoms with Crippen molar-refractivity contribution in [1.29, 1.82) is 0 Å². The first-order valence-electron chi connectivity index (χ1n) is 6.73. The third-order valence-corrected chi connectivity index (χ3v) is 3.27. The Kier molecular flexibility index (Phi) is 5.15. The first-order chi connectivity index (χ1) is 10.8. The summed E-state index contributed by atoms with van der Waals surface area (Å²) >= 11 is 5.97. The predicted molar refractivity (Wildman–Crippen MR) is 82.0 cm³/mol. The Hall–Kier alpha value is -2.21. The van der Waals surface area contributed by atoms with Crippen LogP contribution in [0.25, 0.3) is 0 Å². The van der Waals surface area contributed by atoms with Gasteiger partial charge in [-0.15, -0.1) is 0 Å². The van der Waals surface area contributed by atoms with Crippen LogP contribution in [-0.2, 0) is 6.18 Å². The summed E-state index contributed by atoms with van der Waals surface area (Å²) in [4.78, 5) is 12.1. The maximum atomic E-state index is 12.9. The van der Waals surface area contributed by atoms with Gasteiger partial charge in [0.2, 0.25) is 0 Å². The second kappa shape index (κ2) is 6.91. The zero-order valence-corrected chi connectivity index (χ0v) is 12.8. The van der Waals surface area contributed by atoms with E-state index in [4.69, 9.17) is 16.3 Å². The molecule has 0 unspecified atom stereocenters. The molecule has 0 aliphatic carbocycles. The van der Waals surface area contributed by atoms with Crippen molar-refractivity contribution < 1.29 is 22.7 Å². The molecule has 0 aliphatic heterocycles. The van der Waals surface area contributed by atoms with Crippen molar-refractivity contribution in [3.8, 4) is 5.75 Å². The van der Waals surface area contributed by atoms with Crippen LogP contribution in [-0.4, -0.2) is 12.5 Å². The number of hydrogen-bond acceptors (Lipinski definition) is 2. The van der Waals surface area contributed by atoms with Gasteiger partial charge in [-0.25, -0.2) is 0 Å². The molecule has 1 N–H and O–H groups in total. The third-order valence-electron chi connectivity index (χ3n) is 2.97. The maximum absolute atomic E-state index is 12.9. The van der Waals surface area contributed by atoms with E-state index in [0.717, 1.165) is 6.07 Å². The molecule has 2 aromatic carbocycles. The van der Waals surface area contributed by atoms with E-state index in [1.54, 1.807) is 6.92 Å². The van der Waals surface area contributed by atoms with Crippen molar-refractivity contribution in [2.45, 2.75) is 13.1 Å². The number of halogens is 4. The van der Waals surface area contributed by atoms with E-state index in [9.17, 15) is 18.0 Å². The molecule has 0 fully saturated rings. The summed E-state index contributed by atoms with van der Waals surface area (Å²) in [6.07, 6.45) is -4.56. The molecule has 1 amide bonds. The van der Waals surface area contributed by atoms with E-state index in [1.165, 1.54) is 36.4 Å². The van der Waals surface area contributed by atoms with Crippen molar-refractivity contribution >= 4 is 23.2 Å². The number of rotatable bonds is 4. The molecule has 2 aromatic rings. The summed E-state index contributed by atoms with van der Waals surface area (Å²) in [5.41, 5.74) is -1.09. The molecule has 2 rings (SSSR count). The molecule has 7 heteroatoms. The van der Waals surface area contributed by atoms with Crippen molar-refractivity contribution in [2.75, 3.05) is 11.9 Å². The van der Waals surface area contributed by atoms with Crippen LogP contribution in [0.5, 0.6) is 5.75 Å². The van der Waals surface area contributed by atoms with E-state index >= 15 is 0 Å². The van der Waals surface area contributed by atoms with E-state index in [-0.39, 0.29) is 16.3 Å². The quantitative estimate of drug-likeness (QED) is 0.847. The van der Waals surface area contributed by atoms with Gasteiger partial charge in [0.1, 0.15) is 5.75 Å². The Labute approximate surface area is 136 Å². The molecular weight excluding hydrogens is 331 g/mol. The zero-order valence-electron chi connectivity index (χ0n) is 12.1. The Morgan fingerprint density at radius 3 is 2.52 bits per heavy atom. The van der Waals surface area contributed by atoms with Crippen LogP contribution in [0.4, 0.5) is 18.9 Å². The number of benzene rings is 2. The fraction of sp³-hybridized carbons (Fsp3) is 0.188. The zero-order chi connectivity index (χ0) is 17.0. The molecule has 0 heterocycles. The average Bonchev–Trinajstić information content (AvgIpc) is 2.49. The van der Waals surface area contributed by atoms with Gasteiger partial charge in [0.05, 0.1) is 22.9 Å². The second-order valence-electron chi connectivity index (χ2n) is 4.58. The summed E-state index contributed by atoms with van der Waals surface area (Å²) in [6, 6.07) is 9.04. The standard InChI is InChI=1S/C16H13ClF3NO2/c1-2-23-14-8-7-10(9-12(14)17)15(22)21-13-6-4-3-5-11(13)16(18,19)20/h3-9H,2H2,1H3,(H,21,22). The molecule has 3 nitrogen and oxygen atoms in total. The third kappa shape index (κ3) is 4.16. The molecular formula is C16H13ClF3NO2. The fourth-order valence-electron chi connectivity index (χ4n) is 1.95. The lowest BCUT2D eigenvalue weighted by Crippen LogP contribution is -2.16. The Morgan fingerprint density at radius 2 is 1.91 bits per heavy atom. The largest absolute Gasteiger partial charge is 0.492 e. The van der Waals surface area contributed by atoms with Gasteiger partial charge in [0, 0.05) is 5.56 Å². The number of carbonyl (C=O) groups is 1. The molecule has 0 atom stereocenters. The SMILES string of the molecule is CCOc1ccc(C(=O)Nc2ccccc2C(F)(F)F)cc1Cl.